The number of ether oxygens (including phenoxy) is 3. The molecule has 3 aromatic heterocycles. The van der Waals surface area contributed by atoms with E-state index in [9.17, 15) is 36.9 Å². The molecule has 0 saturated carbocycles. The van der Waals surface area contributed by atoms with E-state index in [1.807, 2.05) is 42.7 Å². The second-order valence-electron chi connectivity index (χ2n) is 17.6. The van der Waals surface area contributed by atoms with Crippen molar-refractivity contribution in [3.8, 4) is 5.75 Å². The van der Waals surface area contributed by atoms with Crippen LogP contribution in [0.4, 0.5) is 11.6 Å². The summed E-state index contributed by atoms with van der Waals surface area (Å²) in [6.45, 7) is 9.20. The number of amides is 3. The van der Waals surface area contributed by atoms with E-state index < -0.39 is 39.3 Å². The monoisotopic (exact) mass is 1030 g/mol. The van der Waals surface area contributed by atoms with Gasteiger partial charge in [-0.25, -0.2) is 14.8 Å². The molecule has 0 saturated heterocycles. The highest BCUT2D eigenvalue weighted by Crippen LogP contribution is 2.30. The van der Waals surface area contributed by atoms with Gasteiger partial charge in [-0.3, -0.25) is 28.7 Å². The van der Waals surface area contributed by atoms with E-state index in [2.05, 4.69) is 41.2 Å². The molecule has 388 valence electrons. The van der Waals surface area contributed by atoms with Crippen molar-refractivity contribution in [3.05, 3.63) is 135 Å². The molecule has 0 aliphatic carbocycles. The molecule has 22 heteroatoms. The van der Waals surface area contributed by atoms with Crippen molar-refractivity contribution in [3.63, 3.8) is 0 Å². The fourth-order valence-corrected chi connectivity index (χ4v) is 8.79. The Kier molecular flexibility index (Phi) is 18.0. The van der Waals surface area contributed by atoms with Crippen LogP contribution in [0.25, 0.3) is 33.0 Å². The van der Waals surface area contributed by atoms with Crippen molar-refractivity contribution in [2.45, 2.75) is 59.7 Å². The molecule has 0 fully saturated rings. The largest absolute Gasteiger partial charge is 0.422 e. The minimum atomic E-state index is -4.15. The first-order valence-corrected chi connectivity index (χ1v) is 25.6. The Morgan fingerprint density at radius 2 is 1.45 bits per heavy atom. The number of nitrogens with one attached hydrogen (secondary N) is 5. The zero-order valence-corrected chi connectivity index (χ0v) is 42.2. The highest BCUT2D eigenvalue weighted by molar-refractivity contribution is 7.85. The molecule has 0 radical (unpaired) electrons. The number of hydrogen-bond donors (Lipinski definition) is 7. The van der Waals surface area contributed by atoms with E-state index in [0.717, 1.165) is 0 Å². The number of aromatic nitrogens is 5. The Bertz CT molecular complexity index is 3290. The highest BCUT2D eigenvalue weighted by atomic mass is 32.2. The SMILES string of the molecule is CCC(C)C(NC(=O)c1ccc(NCc2cnc3nc(N)[nH]c(=O)c3n2)cc1)C(=O)NCCOCCOCCNC(=O)c1cc(C)c(OC(=O)c2c3ccccc3[n+](CCCS(=O)(=O)O)c3ccccc23)c(C)c1. The number of H-pyrrole nitrogens is 1. The van der Waals surface area contributed by atoms with Crippen LogP contribution in [0, 0.1) is 19.8 Å². The molecular formula is C52H59N10O11S+. The smallest absolute Gasteiger partial charge is 0.345 e. The molecule has 3 amide bonds. The number of fused-ring (bicyclic) bond motifs is 3. The van der Waals surface area contributed by atoms with Crippen molar-refractivity contribution < 1.29 is 50.9 Å². The predicted molar refractivity (Wildman–Crippen MR) is 277 cm³/mol. The van der Waals surface area contributed by atoms with Crippen LogP contribution in [-0.2, 0) is 37.5 Å². The van der Waals surface area contributed by atoms with Gasteiger partial charge in [-0.05, 0) is 79.4 Å². The van der Waals surface area contributed by atoms with E-state index >= 15 is 0 Å². The fraction of sp³-hybridized carbons (Fsp3) is 0.327. The third-order valence-electron chi connectivity index (χ3n) is 12.2. The fourth-order valence-electron chi connectivity index (χ4n) is 8.30. The summed E-state index contributed by atoms with van der Waals surface area (Å²) in [7, 11) is -4.15. The number of esters is 1. The standard InChI is InChI=1S/C52H58N10O11S/c1-5-31(2)43(59-48(64)34-15-17-36(18-16-34)56-29-37-30-57-46-44(58-37)50(66)61-52(53)60-46)49(65)55-20-23-72-25-24-71-22-19-54-47(63)35-27-32(3)45(33(4)28-35)73-51(67)42-38-11-6-8-13-40(38)62(21-10-26-74(68,69)70)41-14-9-7-12-39(41)42/h6-9,11-18,27-28,30-31,43H,5,10,19-26,29H2,1-4H3,(H7-,53,54,55,56,57,59,60,61,63,64,65,66,68,69,70)/p+1. The van der Waals surface area contributed by atoms with Crippen molar-refractivity contribution in [1.29, 1.82) is 0 Å². The van der Waals surface area contributed by atoms with Gasteiger partial charge in [0.1, 0.15) is 11.8 Å². The number of para-hydroxylation sites is 2. The van der Waals surface area contributed by atoms with Crippen molar-refractivity contribution >= 4 is 78.4 Å². The molecular weight excluding hydrogens is 973 g/mol. The molecule has 7 aromatic rings. The number of benzene rings is 4. The van der Waals surface area contributed by atoms with Gasteiger partial charge >= 0.3 is 5.97 Å². The maximum atomic E-state index is 14.1. The molecule has 21 nitrogen and oxygen atoms in total. The molecule has 0 aliphatic rings. The van der Waals surface area contributed by atoms with Gasteiger partial charge in [-0.1, -0.05) is 44.5 Å². The van der Waals surface area contributed by atoms with Crippen molar-refractivity contribution in [2.24, 2.45) is 5.92 Å². The van der Waals surface area contributed by atoms with E-state index in [1.165, 1.54) is 6.20 Å². The number of hydrogen-bond acceptors (Lipinski definition) is 15. The molecule has 2 atom stereocenters. The summed E-state index contributed by atoms with van der Waals surface area (Å²) in [6.07, 6.45) is 2.30. The average Bonchev–Trinajstić information content (AvgIpc) is 3.38. The second-order valence-corrected chi connectivity index (χ2v) is 19.1. The van der Waals surface area contributed by atoms with E-state index in [4.69, 9.17) is 19.9 Å². The number of pyridine rings is 1. The first kappa shape index (κ1) is 53.9. The maximum absolute atomic E-state index is 14.1. The van der Waals surface area contributed by atoms with Crippen LogP contribution in [0.1, 0.15) is 74.6 Å². The summed E-state index contributed by atoms with van der Waals surface area (Å²) < 4.78 is 51.5. The minimum Gasteiger partial charge on any atom is -0.422 e. The van der Waals surface area contributed by atoms with E-state index in [-0.39, 0.29) is 93.9 Å². The van der Waals surface area contributed by atoms with Gasteiger partial charge in [0.2, 0.25) is 22.9 Å². The Hall–Kier alpha value is -7.92. The summed E-state index contributed by atoms with van der Waals surface area (Å²) in [4.78, 5) is 80.7. The zero-order valence-electron chi connectivity index (χ0n) is 41.4. The minimum absolute atomic E-state index is 0.0467. The lowest BCUT2D eigenvalue weighted by Crippen LogP contribution is -2.50. The van der Waals surface area contributed by atoms with Crippen LogP contribution in [0.15, 0.2) is 95.9 Å². The Morgan fingerprint density at radius 3 is 2.07 bits per heavy atom. The molecule has 8 N–H and O–H groups in total. The lowest BCUT2D eigenvalue weighted by Gasteiger charge is -2.23. The summed E-state index contributed by atoms with van der Waals surface area (Å²) in [5.74, 6) is -1.96. The van der Waals surface area contributed by atoms with Crippen molar-refractivity contribution in [2.75, 3.05) is 56.3 Å². The zero-order chi connectivity index (χ0) is 52.9. The molecule has 0 aliphatic heterocycles. The molecule has 7 rings (SSSR count). The van der Waals surface area contributed by atoms with Crippen LogP contribution in [0.3, 0.4) is 0 Å². The number of rotatable bonds is 24. The van der Waals surface area contributed by atoms with Crippen LogP contribution in [0.2, 0.25) is 0 Å². The number of aromatic amines is 1. The first-order chi connectivity index (χ1) is 35.5. The van der Waals surface area contributed by atoms with Gasteiger partial charge in [-0.2, -0.15) is 18.0 Å². The Labute approximate surface area is 426 Å². The topological polar surface area (TPSA) is 300 Å². The average molecular weight is 1030 g/mol. The number of nitrogens with two attached hydrogens (primary N) is 1. The molecule has 0 bridgehead atoms. The third kappa shape index (κ3) is 13.8. The Balaban J connectivity index is 0.814. The van der Waals surface area contributed by atoms with Crippen LogP contribution in [-0.4, -0.2) is 108 Å². The second kappa shape index (κ2) is 24.7. The summed E-state index contributed by atoms with van der Waals surface area (Å²) >= 11 is 0. The van der Waals surface area contributed by atoms with Crippen LogP contribution in [0.5, 0.6) is 5.75 Å². The van der Waals surface area contributed by atoms with Gasteiger partial charge < -0.3 is 41.2 Å². The van der Waals surface area contributed by atoms with Gasteiger partial charge in [0, 0.05) is 48.5 Å². The molecule has 3 heterocycles. The molecule has 4 aromatic carbocycles. The summed E-state index contributed by atoms with van der Waals surface area (Å²) in [5, 5.41) is 12.9. The number of carbonyl (C=O) groups excluding carboxylic acids is 4. The number of carbonyl (C=O) groups is 4. The van der Waals surface area contributed by atoms with E-state index in [0.29, 0.717) is 73.2 Å². The number of anilines is 2. The molecule has 0 spiro atoms. The first-order valence-electron chi connectivity index (χ1n) is 24.0. The van der Waals surface area contributed by atoms with Crippen LogP contribution < -0.4 is 41.9 Å². The number of nitrogens with zero attached hydrogens (tertiary/aromatic N) is 4. The molecule has 74 heavy (non-hydrogen) atoms. The number of nitrogen functional groups attached to an aromatic ring is 1. The Morgan fingerprint density at radius 1 is 0.824 bits per heavy atom. The van der Waals surface area contributed by atoms with Crippen molar-refractivity contribution in [1.82, 2.24) is 35.9 Å². The van der Waals surface area contributed by atoms with Gasteiger partial charge in [0.15, 0.2) is 17.7 Å². The highest BCUT2D eigenvalue weighted by Gasteiger charge is 2.28. The predicted octanol–water partition coefficient (Wildman–Crippen LogP) is 4.34. The third-order valence-corrected chi connectivity index (χ3v) is 13.0. The summed E-state index contributed by atoms with van der Waals surface area (Å²) in [6, 6.07) is 23.8. The van der Waals surface area contributed by atoms with Gasteiger partial charge in [-0.15, -0.1) is 0 Å². The normalized spacial score (nSPS) is 12.3. The quantitative estimate of drug-likeness (QED) is 0.0111. The molecule has 2 unspecified atom stereocenters. The lowest BCUT2D eigenvalue weighted by atomic mass is 9.98. The lowest BCUT2D eigenvalue weighted by molar-refractivity contribution is -0.645. The number of aryl methyl sites for hydroxylation is 3. The maximum Gasteiger partial charge on any atom is 0.345 e. The van der Waals surface area contributed by atoms with E-state index in [1.54, 1.807) is 74.5 Å². The van der Waals surface area contributed by atoms with Gasteiger partial charge in [0.25, 0.3) is 27.5 Å². The summed E-state index contributed by atoms with van der Waals surface area (Å²) in [5.41, 5.74) is 10.1. The van der Waals surface area contributed by atoms with Gasteiger partial charge in [0.05, 0.1) is 67.0 Å². The van der Waals surface area contributed by atoms with Crippen LogP contribution >= 0.6 is 0 Å².